The third-order valence-electron chi connectivity index (χ3n) is 8.46. The van der Waals surface area contributed by atoms with Crippen LogP contribution in [-0.2, 0) is 24.0 Å². The van der Waals surface area contributed by atoms with Crippen molar-refractivity contribution in [2.45, 2.75) is 79.4 Å². The zero-order chi connectivity index (χ0) is 28.7. The molecule has 4 aromatic carbocycles. The highest BCUT2D eigenvalue weighted by Crippen LogP contribution is 2.50. The van der Waals surface area contributed by atoms with Gasteiger partial charge in [-0.3, -0.25) is 0 Å². The van der Waals surface area contributed by atoms with Crippen LogP contribution in [0, 0.1) is 21.0 Å². The molecule has 0 atom stereocenters. The molecule has 6 rings (SSSR count). The zero-order valence-electron chi connectivity index (χ0n) is 24.6. The topological polar surface area (TPSA) is 18.5 Å². The van der Waals surface area contributed by atoms with E-state index in [1.807, 2.05) is 0 Å². The molecule has 2 aliphatic rings. The molecule has 0 bridgehead atoms. The molecule has 0 saturated carbocycles. The van der Waals surface area contributed by atoms with Crippen molar-refractivity contribution >= 4 is 45.2 Å². The fraction of sp³-hybridized carbons (Fsp3) is 0.333. The highest BCUT2D eigenvalue weighted by atomic mass is 127. The van der Waals surface area contributed by atoms with Gasteiger partial charge in [-0.2, -0.15) is 0 Å². The minimum absolute atomic E-state index is 0.0760. The largest absolute Gasteiger partial charge is 0.488 e. The monoisotopic (exact) mass is 754 g/mol. The van der Waals surface area contributed by atoms with Crippen LogP contribution in [0.3, 0.4) is 0 Å². The maximum atomic E-state index is 6.33. The molecule has 2 aliphatic heterocycles. The summed E-state index contributed by atoms with van der Waals surface area (Å²) in [6.07, 6.45) is 0. The Morgan fingerprint density at radius 2 is 0.925 bits per heavy atom. The molecule has 0 radical (unpaired) electrons. The summed E-state index contributed by atoms with van der Waals surface area (Å²) in [7, 11) is 0. The molecule has 4 aromatic rings. The lowest BCUT2D eigenvalue weighted by molar-refractivity contribution is 0.301. The number of fused-ring (bicyclic) bond motifs is 6. The van der Waals surface area contributed by atoms with Crippen LogP contribution in [-0.4, -0.2) is 0 Å². The second-order valence-electron chi connectivity index (χ2n) is 13.3. The fourth-order valence-electron chi connectivity index (χ4n) is 5.90. The Hall–Kier alpha value is -2.06. The Labute approximate surface area is 266 Å². The summed E-state index contributed by atoms with van der Waals surface area (Å²) >= 11 is 5.09. The molecule has 2 nitrogen and oxygen atoms in total. The molecular weight excluding hydrogens is 718 g/mol. The molecule has 2 heterocycles. The highest BCUT2D eigenvalue weighted by Gasteiger charge is 2.29. The number of ether oxygens (including phenoxy) is 2. The normalized spacial score (nSPS) is 13.9. The lowest BCUT2D eigenvalue weighted by Gasteiger charge is -2.29. The second kappa shape index (κ2) is 9.75. The average molecular weight is 754 g/mol. The number of hydrogen-bond acceptors (Lipinski definition) is 2. The van der Waals surface area contributed by atoms with E-state index in [0.717, 1.165) is 11.5 Å². The summed E-state index contributed by atoms with van der Waals surface area (Å²) in [5.41, 5.74) is 15.6. The van der Waals surface area contributed by atoms with Gasteiger partial charge in [0, 0.05) is 29.4 Å². The van der Waals surface area contributed by atoms with E-state index in [0.29, 0.717) is 13.2 Å². The first-order valence-corrected chi connectivity index (χ1v) is 16.1. The van der Waals surface area contributed by atoms with E-state index in [-0.39, 0.29) is 10.8 Å². The molecule has 0 N–H and O–H groups in total. The molecule has 0 saturated heterocycles. The van der Waals surface area contributed by atoms with E-state index in [1.165, 1.54) is 73.9 Å². The van der Waals surface area contributed by atoms with Crippen molar-refractivity contribution in [3.63, 3.8) is 0 Å². The van der Waals surface area contributed by atoms with E-state index in [1.54, 1.807) is 0 Å². The molecule has 206 valence electrons. The first kappa shape index (κ1) is 28.1. The van der Waals surface area contributed by atoms with Crippen LogP contribution in [0.4, 0.5) is 0 Å². The Kier molecular flexibility index (Phi) is 6.85. The molecule has 0 amide bonds. The van der Waals surface area contributed by atoms with Crippen LogP contribution < -0.4 is 9.47 Å². The Bertz CT molecular complexity index is 1570. The summed E-state index contributed by atoms with van der Waals surface area (Å²) in [5, 5.41) is 0. The molecule has 0 spiro atoms. The number of benzene rings is 4. The summed E-state index contributed by atoms with van der Waals surface area (Å²) in [4.78, 5) is 0. The summed E-state index contributed by atoms with van der Waals surface area (Å²) in [6, 6.07) is 18.3. The van der Waals surface area contributed by atoms with Gasteiger partial charge in [0.05, 0.1) is 0 Å². The van der Waals surface area contributed by atoms with Gasteiger partial charge in [-0.05, 0) is 139 Å². The summed E-state index contributed by atoms with van der Waals surface area (Å²) in [6.45, 7) is 19.4. The van der Waals surface area contributed by atoms with Gasteiger partial charge in [0.15, 0.2) is 0 Å². The Morgan fingerprint density at radius 3 is 1.27 bits per heavy atom. The molecular formula is C36H36I2O2. The minimum atomic E-state index is 0.0760. The quantitative estimate of drug-likeness (QED) is 0.180. The minimum Gasteiger partial charge on any atom is -0.488 e. The van der Waals surface area contributed by atoms with Crippen molar-refractivity contribution in [3.8, 4) is 44.9 Å². The van der Waals surface area contributed by atoms with E-state index in [4.69, 9.17) is 9.47 Å². The number of halogens is 2. The predicted molar refractivity (Wildman–Crippen MR) is 184 cm³/mol. The van der Waals surface area contributed by atoms with Gasteiger partial charge in [-0.1, -0.05) is 65.8 Å². The second-order valence-corrected chi connectivity index (χ2v) is 15.5. The van der Waals surface area contributed by atoms with E-state index in [2.05, 4.69) is 149 Å². The standard InChI is InChI=1S/C36H36I2O2/c1-19-13-21(35(3,4)5)15-25-27(19)17-39-29-11-9-23(33(37)31(25)29)24-10-12-30-32(34(24)38)26-16-22(36(6,7)8)14-20(2)28(26)18-40-30/h9-16H,17-18H2,1-8H3. The van der Waals surface area contributed by atoms with E-state index >= 15 is 0 Å². The molecule has 4 heteroatoms. The van der Waals surface area contributed by atoms with Gasteiger partial charge in [-0.15, -0.1) is 0 Å². The maximum absolute atomic E-state index is 6.33. The lowest BCUT2D eigenvalue weighted by atomic mass is 9.81. The van der Waals surface area contributed by atoms with Crippen molar-refractivity contribution in [1.82, 2.24) is 0 Å². The van der Waals surface area contributed by atoms with Crippen molar-refractivity contribution in [2.24, 2.45) is 0 Å². The number of aryl methyl sites for hydroxylation is 2. The van der Waals surface area contributed by atoms with Gasteiger partial charge in [-0.25, -0.2) is 0 Å². The van der Waals surface area contributed by atoms with Crippen molar-refractivity contribution in [2.75, 3.05) is 0 Å². The van der Waals surface area contributed by atoms with Crippen molar-refractivity contribution in [3.05, 3.63) is 89.1 Å². The summed E-state index contributed by atoms with van der Waals surface area (Å²) < 4.78 is 15.1. The average Bonchev–Trinajstić information content (AvgIpc) is 2.87. The first-order chi connectivity index (χ1) is 18.8. The molecule has 0 fully saturated rings. The van der Waals surface area contributed by atoms with Gasteiger partial charge < -0.3 is 9.47 Å². The number of rotatable bonds is 1. The van der Waals surface area contributed by atoms with Crippen molar-refractivity contribution < 1.29 is 9.47 Å². The SMILES string of the molecule is Cc1cc(C(C)(C)C)cc2c1COc1ccc(-c3ccc4c(c3I)-c3cc(C(C)(C)C)cc(C)c3CO4)c(I)c1-2. The van der Waals surface area contributed by atoms with Crippen LogP contribution in [0.15, 0.2) is 48.5 Å². The summed E-state index contributed by atoms with van der Waals surface area (Å²) in [5.74, 6) is 1.94. The fourth-order valence-corrected chi connectivity index (χ4v) is 7.96. The third-order valence-corrected chi connectivity index (χ3v) is 10.7. The Morgan fingerprint density at radius 1 is 0.550 bits per heavy atom. The molecule has 40 heavy (non-hydrogen) atoms. The zero-order valence-corrected chi connectivity index (χ0v) is 28.9. The van der Waals surface area contributed by atoms with Crippen LogP contribution in [0.2, 0.25) is 0 Å². The van der Waals surface area contributed by atoms with Crippen LogP contribution in [0.1, 0.15) is 74.9 Å². The van der Waals surface area contributed by atoms with Crippen LogP contribution in [0.5, 0.6) is 11.5 Å². The van der Waals surface area contributed by atoms with Gasteiger partial charge in [0.2, 0.25) is 0 Å². The Balaban J connectivity index is 1.57. The number of hydrogen-bond donors (Lipinski definition) is 0. The van der Waals surface area contributed by atoms with Crippen molar-refractivity contribution in [1.29, 1.82) is 0 Å². The molecule has 0 unspecified atom stereocenters. The van der Waals surface area contributed by atoms with Crippen LogP contribution in [0.25, 0.3) is 33.4 Å². The third kappa shape index (κ3) is 4.57. The highest BCUT2D eigenvalue weighted by molar-refractivity contribution is 14.1. The smallest absolute Gasteiger partial charge is 0.128 e. The lowest BCUT2D eigenvalue weighted by Crippen LogP contribution is -2.15. The molecule has 0 aromatic heterocycles. The van der Waals surface area contributed by atoms with Gasteiger partial charge >= 0.3 is 0 Å². The first-order valence-electron chi connectivity index (χ1n) is 14.0. The van der Waals surface area contributed by atoms with E-state index < -0.39 is 0 Å². The molecule has 0 aliphatic carbocycles. The maximum Gasteiger partial charge on any atom is 0.128 e. The van der Waals surface area contributed by atoms with E-state index in [9.17, 15) is 0 Å². The van der Waals surface area contributed by atoms with Gasteiger partial charge in [0.1, 0.15) is 24.7 Å². The predicted octanol–water partition coefficient (Wildman–Crippen LogP) is 10.9. The van der Waals surface area contributed by atoms with Gasteiger partial charge in [0.25, 0.3) is 0 Å². The van der Waals surface area contributed by atoms with Crippen LogP contribution >= 0.6 is 45.2 Å².